The van der Waals surface area contributed by atoms with E-state index >= 15 is 0 Å². The minimum absolute atomic E-state index is 0.0836. The van der Waals surface area contributed by atoms with Crippen LogP contribution in [0.2, 0.25) is 0 Å². The van der Waals surface area contributed by atoms with E-state index in [0.29, 0.717) is 42.0 Å². The van der Waals surface area contributed by atoms with Crippen molar-refractivity contribution < 1.29 is 14.6 Å². The molecule has 0 unspecified atom stereocenters. The normalized spacial score (nSPS) is 10.6. The Balaban J connectivity index is 0.000000228. The molecule has 1 aromatic heterocycles. The molecule has 0 saturated carbocycles. The Morgan fingerprint density at radius 3 is 1.72 bits per heavy atom. The van der Waals surface area contributed by atoms with E-state index in [0.717, 1.165) is 42.6 Å². The number of aromatic nitrogens is 3. The van der Waals surface area contributed by atoms with Gasteiger partial charge in [-0.15, -0.1) is 0 Å². The van der Waals surface area contributed by atoms with Gasteiger partial charge in [-0.2, -0.15) is 0 Å². The van der Waals surface area contributed by atoms with Gasteiger partial charge in [0.2, 0.25) is 0 Å². The third kappa shape index (κ3) is 10.0. The number of nitrogens with zero attached hydrogens (tertiary/aromatic N) is 3. The lowest BCUT2D eigenvalue weighted by atomic mass is 9.98. The van der Waals surface area contributed by atoms with Crippen LogP contribution in [0.25, 0.3) is 34.2 Å². The summed E-state index contributed by atoms with van der Waals surface area (Å²) in [6, 6.07) is 41.8. The van der Waals surface area contributed by atoms with Crippen LogP contribution in [0.4, 0.5) is 0 Å². The number of benzene rings is 5. The van der Waals surface area contributed by atoms with Crippen molar-refractivity contribution in [2.45, 2.75) is 59.3 Å². The van der Waals surface area contributed by atoms with Crippen LogP contribution >= 0.6 is 0 Å². The Kier molecular flexibility index (Phi) is 13.5. The molecule has 1 N–H and O–H groups in total. The molecule has 0 radical (unpaired) electrons. The van der Waals surface area contributed by atoms with Gasteiger partial charge in [0.25, 0.3) is 0 Å². The molecule has 0 aliphatic rings. The van der Waals surface area contributed by atoms with Gasteiger partial charge in [0, 0.05) is 23.6 Å². The Morgan fingerprint density at radius 2 is 1.12 bits per heavy atom. The molecule has 0 amide bonds. The summed E-state index contributed by atoms with van der Waals surface area (Å²) in [5.41, 5.74) is 6.40. The number of unbranched alkanes of at least 4 members (excludes halogenated alkanes) is 3. The van der Waals surface area contributed by atoms with Crippen molar-refractivity contribution in [3.8, 4) is 51.4 Å². The third-order valence-corrected chi connectivity index (χ3v) is 8.33. The molecule has 6 heteroatoms. The number of phenols is 1. The van der Waals surface area contributed by atoms with Crippen LogP contribution in [0.1, 0.15) is 63.1 Å². The van der Waals surface area contributed by atoms with E-state index in [1.54, 1.807) is 12.1 Å². The number of para-hydroxylation sites is 1. The van der Waals surface area contributed by atoms with Crippen molar-refractivity contribution >= 4 is 0 Å². The molecule has 1 heterocycles. The fourth-order valence-electron chi connectivity index (χ4n) is 5.66. The zero-order valence-electron chi connectivity index (χ0n) is 29.4. The first-order valence-electron chi connectivity index (χ1n) is 17.7. The molecular weight excluding hydrogens is 619 g/mol. The molecule has 0 fully saturated rings. The number of rotatable bonds is 14. The Morgan fingerprint density at radius 1 is 0.540 bits per heavy atom. The van der Waals surface area contributed by atoms with Gasteiger partial charge in [-0.25, -0.2) is 15.0 Å². The Bertz CT molecular complexity index is 1850. The topological polar surface area (TPSA) is 77.4 Å². The minimum Gasteiger partial charge on any atom is -0.507 e. The van der Waals surface area contributed by atoms with Crippen LogP contribution in [0, 0.1) is 0 Å². The lowest BCUT2D eigenvalue weighted by Crippen LogP contribution is -2.01. The minimum atomic E-state index is 0.0836. The highest BCUT2D eigenvalue weighted by Gasteiger charge is 2.15. The zero-order valence-corrected chi connectivity index (χ0v) is 29.4. The summed E-state index contributed by atoms with van der Waals surface area (Å²) in [6.07, 6.45) is 6.57. The van der Waals surface area contributed by atoms with E-state index in [1.165, 1.54) is 29.5 Å². The number of aryl methyl sites for hydroxylation is 1. The molecule has 0 aliphatic carbocycles. The number of phenolic OH excluding ortho intramolecular Hbond substituents is 1. The summed E-state index contributed by atoms with van der Waals surface area (Å²) in [6.45, 7) is 7.77. The summed E-state index contributed by atoms with van der Waals surface area (Å²) < 4.78 is 11.5. The number of ether oxygens (including phenoxy) is 2. The van der Waals surface area contributed by atoms with Gasteiger partial charge in [-0.3, -0.25) is 0 Å². The first kappa shape index (κ1) is 35.8. The van der Waals surface area contributed by atoms with Gasteiger partial charge in [0.1, 0.15) is 17.2 Å². The van der Waals surface area contributed by atoms with Gasteiger partial charge >= 0.3 is 0 Å². The van der Waals surface area contributed by atoms with Crippen molar-refractivity contribution in [3.05, 3.63) is 144 Å². The van der Waals surface area contributed by atoms with E-state index in [-0.39, 0.29) is 5.75 Å². The largest absolute Gasteiger partial charge is 0.507 e. The molecule has 0 saturated heterocycles. The van der Waals surface area contributed by atoms with Crippen molar-refractivity contribution in [2.24, 2.45) is 0 Å². The van der Waals surface area contributed by atoms with Crippen molar-refractivity contribution in [2.75, 3.05) is 13.2 Å². The fourth-order valence-corrected chi connectivity index (χ4v) is 5.66. The van der Waals surface area contributed by atoms with Crippen LogP contribution in [0.5, 0.6) is 17.2 Å². The highest BCUT2D eigenvalue weighted by atomic mass is 16.5. The maximum atomic E-state index is 10.7. The monoisotopic (exact) mass is 665 g/mol. The molecule has 6 aromatic rings. The van der Waals surface area contributed by atoms with Gasteiger partial charge in [-0.05, 0) is 54.7 Å². The van der Waals surface area contributed by atoms with E-state index in [4.69, 9.17) is 9.47 Å². The molecular formula is C44H47N3O3. The predicted octanol–water partition coefficient (Wildman–Crippen LogP) is 10.8. The van der Waals surface area contributed by atoms with E-state index in [1.807, 2.05) is 85.8 Å². The number of hydrogen-bond donors (Lipinski definition) is 1. The molecule has 0 spiro atoms. The predicted molar refractivity (Wildman–Crippen MR) is 204 cm³/mol. The van der Waals surface area contributed by atoms with Crippen LogP contribution in [0.3, 0.4) is 0 Å². The summed E-state index contributed by atoms with van der Waals surface area (Å²) in [4.78, 5) is 14.0. The van der Waals surface area contributed by atoms with Crippen molar-refractivity contribution in [1.29, 1.82) is 0 Å². The molecule has 6 nitrogen and oxygen atoms in total. The number of aromatic hydroxyl groups is 1. The third-order valence-electron chi connectivity index (χ3n) is 8.33. The molecule has 5 aromatic carbocycles. The average Bonchev–Trinajstić information content (AvgIpc) is 3.17. The van der Waals surface area contributed by atoms with Gasteiger partial charge in [0.05, 0.1) is 18.8 Å². The second-order valence-electron chi connectivity index (χ2n) is 12.0. The standard InChI is InChI=1S/C27H27N3O2.C17H20O/c1-2-3-4-11-18-32-22-16-17-23(24(31)19-22)27-29-25(20-12-7-5-8-13-20)28-26(30-27)21-14-9-6-10-15-21;1-3-14-9-5-6-10-15(14)13-16-11-7-8-12-17(16)18-4-2/h5-10,12-17,19,31H,2-4,11,18H2,1H3;5-12H,3-4,13H2,1-2H3. The molecule has 256 valence electrons. The van der Waals surface area contributed by atoms with Crippen molar-refractivity contribution in [1.82, 2.24) is 15.0 Å². The smallest absolute Gasteiger partial charge is 0.167 e. The molecule has 0 bridgehead atoms. The maximum Gasteiger partial charge on any atom is 0.167 e. The van der Waals surface area contributed by atoms with E-state index in [2.05, 4.69) is 65.2 Å². The van der Waals surface area contributed by atoms with Gasteiger partial charge in [0.15, 0.2) is 17.5 Å². The highest BCUT2D eigenvalue weighted by Crippen LogP contribution is 2.33. The van der Waals surface area contributed by atoms with Crippen LogP contribution in [-0.4, -0.2) is 33.3 Å². The first-order valence-corrected chi connectivity index (χ1v) is 17.7. The van der Waals surface area contributed by atoms with Gasteiger partial charge in [-0.1, -0.05) is 136 Å². The summed E-state index contributed by atoms with van der Waals surface area (Å²) in [5.74, 6) is 3.27. The Hall–Kier alpha value is -5.49. The quantitative estimate of drug-likeness (QED) is 0.117. The molecule has 50 heavy (non-hydrogen) atoms. The first-order chi connectivity index (χ1) is 24.6. The Labute approximate surface area is 296 Å². The van der Waals surface area contributed by atoms with Crippen LogP contribution in [-0.2, 0) is 12.8 Å². The van der Waals surface area contributed by atoms with Crippen LogP contribution < -0.4 is 9.47 Å². The lowest BCUT2D eigenvalue weighted by molar-refractivity contribution is 0.303. The molecule has 6 rings (SSSR count). The van der Waals surface area contributed by atoms with E-state index in [9.17, 15) is 5.11 Å². The molecule has 0 atom stereocenters. The van der Waals surface area contributed by atoms with Crippen molar-refractivity contribution in [3.63, 3.8) is 0 Å². The van der Waals surface area contributed by atoms with Gasteiger partial charge < -0.3 is 14.6 Å². The second kappa shape index (κ2) is 18.9. The van der Waals surface area contributed by atoms with Crippen LogP contribution in [0.15, 0.2) is 127 Å². The summed E-state index contributed by atoms with van der Waals surface area (Å²) in [7, 11) is 0. The number of hydrogen-bond acceptors (Lipinski definition) is 6. The zero-order chi connectivity index (χ0) is 35.0. The fraction of sp³-hybridized carbons (Fsp3) is 0.250. The second-order valence-corrected chi connectivity index (χ2v) is 12.0. The molecule has 0 aliphatic heterocycles. The average molecular weight is 666 g/mol. The van der Waals surface area contributed by atoms with E-state index < -0.39 is 0 Å². The lowest BCUT2D eigenvalue weighted by Gasteiger charge is -2.12. The highest BCUT2D eigenvalue weighted by molar-refractivity contribution is 5.70. The summed E-state index contributed by atoms with van der Waals surface area (Å²) >= 11 is 0. The summed E-state index contributed by atoms with van der Waals surface area (Å²) in [5, 5.41) is 10.7. The maximum absolute atomic E-state index is 10.7. The SMILES string of the molecule is CCCCCCOc1ccc(-c2nc(-c3ccccc3)nc(-c3ccccc3)n2)c(O)c1.CCOc1ccccc1Cc1ccccc1CC.